The van der Waals surface area contributed by atoms with Crippen LogP contribution in [0.3, 0.4) is 0 Å². The molecule has 2 aliphatic rings. The molecule has 292 valence electrons. The Morgan fingerprint density at radius 2 is 1.74 bits per heavy atom. The van der Waals surface area contributed by atoms with Crippen molar-refractivity contribution < 1.29 is 38.2 Å². The van der Waals surface area contributed by atoms with Crippen LogP contribution in [-0.4, -0.2) is 117 Å². The minimum absolute atomic E-state index is 0.270. The van der Waals surface area contributed by atoms with Crippen molar-refractivity contribution >= 4 is 19.5 Å². The van der Waals surface area contributed by atoms with Crippen LogP contribution in [0.15, 0.2) is 43.1 Å². The molecule has 20 heteroatoms. The molecule has 4 aromatic rings. The number of hydrogen-bond donors (Lipinski definition) is 4. The van der Waals surface area contributed by atoms with E-state index in [0.29, 0.717) is 54.6 Å². The Bertz CT molecular complexity index is 1820. The minimum Gasteiger partial charge on any atom is -0.487 e. The third-order valence-electron chi connectivity index (χ3n) is 8.93. The van der Waals surface area contributed by atoms with E-state index >= 15 is 0 Å². The van der Waals surface area contributed by atoms with Crippen molar-refractivity contribution in [1.29, 1.82) is 5.26 Å². The van der Waals surface area contributed by atoms with Gasteiger partial charge in [-0.3, -0.25) is 9.58 Å². The molecule has 1 aliphatic heterocycles. The number of aromatic nitrogens is 8. The van der Waals surface area contributed by atoms with E-state index < -0.39 is 7.82 Å². The van der Waals surface area contributed by atoms with Crippen molar-refractivity contribution in [2.24, 2.45) is 0 Å². The molecule has 4 heterocycles. The number of nitrogens with one attached hydrogen (secondary N) is 1. The third kappa shape index (κ3) is 12.2. The number of ether oxygens (including phenoxy) is 4. The van der Waals surface area contributed by atoms with Crippen LogP contribution in [-0.2, 0) is 20.6 Å². The Labute approximate surface area is 313 Å². The molecule has 1 saturated heterocycles. The monoisotopic (exact) mass is 769 g/mol. The average molecular weight is 770 g/mol. The molecular weight excluding hydrogens is 721 g/mol. The summed E-state index contributed by atoms with van der Waals surface area (Å²) in [4.78, 5) is 33.4. The first-order chi connectivity index (χ1) is 25.9. The minimum atomic E-state index is -4.64. The van der Waals surface area contributed by atoms with Crippen LogP contribution in [0, 0.1) is 11.3 Å². The lowest BCUT2D eigenvalue weighted by Crippen LogP contribution is -2.51. The number of benzene rings is 1. The Morgan fingerprint density at radius 3 is 2.37 bits per heavy atom. The van der Waals surface area contributed by atoms with Gasteiger partial charge < -0.3 is 38.9 Å². The van der Waals surface area contributed by atoms with Gasteiger partial charge >= 0.3 is 7.82 Å². The van der Waals surface area contributed by atoms with Gasteiger partial charge in [-0.05, 0) is 74.6 Å². The number of morpholine rings is 1. The molecule has 19 nitrogen and oxygen atoms in total. The first-order valence-corrected chi connectivity index (χ1v) is 19.3. The second-order valence-electron chi connectivity index (χ2n) is 13.4. The lowest BCUT2D eigenvalue weighted by atomic mass is 9.89. The smallest absolute Gasteiger partial charge is 0.466 e. The van der Waals surface area contributed by atoms with Crippen LogP contribution in [0.1, 0.15) is 64.5 Å². The van der Waals surface area contributed by atoms with Gasteiger partial charge in [-0.2, -0.15) is 5.26 Å². The summed E-state index contributed by atoms with van der Waals surface area (Å²) in [5.41, 5.74) is 2.75. The lowest BCUT2D eigenvalue weighted by Gasteiger charge is -2.42. The number of anilines is 2. The van der Waals surface area contributed by atoms with Crippen LogP contribution >= 0.6 is 7.82 Å². The van der Waals surface area contributed by atoms with Crippen LogP contribution in [0.5, 0.6) is 11.6 Å². The van der Waals surface area contributed by atoms with Gasteiger partial charge in [0.1, 0.15) is 29.9 Å². The van der Waals surface area contributed by atoms with Crippen LogP contribution in [0.25, 0.3) is 11.1 Å². The lowest BCUT2D eigenvalue weighted by molar-refractivity contribution is -0.0852. The molecule has 0 amide bonds. The highest BCUT2D eigenvalue weighted by Gasteiger charge is 2.32. The molecule has 1 saturated carbocycles. The van der Waals surface area contributed by atoms with Gasteiger partial charge in [-0.15, -0.1) is 10.2 Å². The zero-order chi connectivity index (χ0) is 38.7. The van der Waals surface area contributed by atoms with E-state index in [1.165, 1.54) is 6.33 Å². The van der Waals surface area contributed by atoms with Crippen LogP contribution < -0.4 is 14.8 Å². The van der Waals surface area contributed by atoms with Crippen molar-refractivity contribution in [1.82, 2.24) is 44.9 Å². The molecule has 3 atom stereocenters. The predicted octanol–water partition coefficient (Wildman–Crippen LogP) is 3.49. The summed E-state index contributed by atoms with van der Waals surface area (Å²) < 4.78 is 35.9. The fourth-order valence-corrected chi connectivity index (χ4v) is 6.67. The second-order valence-corrected chi connectivity index (χ2v) is 14.4. The summed E-state index contributed by atoms with van der Waals surface area (Å²) >= 11 is 0. The highest BCUT2D eigenvalue weighted by Crippen LogP contribution is 2.36. The predicted molar refractivity (Wildman–Crippen MR) is 195 cm³/mol. The molecule has 54 heavy (non-hydrogen) atoms. The first kappa shape index (κ1) is 40.6. The summed E-state index contributed by atoms with van der Waals surface area (Å²) in [6.07, 6.45) is 12.4. The Morgan fingerprint density at radius 1 is 1.06 bits per heavy atom. The number of nitrogens with zero attached hydrogens (tertiary/aromatic N) is 10. The summed E-state index contributed by atoms with van der Waals surface area (Å²) in [6, 6.07) is 8.48. The number of hydrogen-bond acceptors (Lipinski definition) is 14. The molecule has 1 aliphatic carbocycles. The molecule has 0 radical (unpaired) electrons. The summed E-state index contributed by atoms with van der Waals surface area (Å²) in [7, 11) is -2.96. The molecule has 1 aromatic carbocycles. The second kappa shape index (κ2) is 19.2. The standard InChI is InChI=1S/C34H45N11O4.H3O4P/c1-23-18-43(19-24(2)48-23)29-8-10-30(11-9-29)45-21-31(33(40-45)47-13-5-12-46-4)39-34-36-16-28(17-37-34)26-6-7-27(15-35)32(14-26)49-25(3)20-44-22-38-41-42-44;1-5(2,3)4/h6-7,14,16-17,21-25,29-30H,5,8-13,18-20H2,1-4H3,(H,36,37,39);(H3,1,2,3,4)/t23-,24+,25-,29-,30-;/m0./s1. The number of nitriles is 1. The molecular formula is C34H48N11O8P. The Balaban J connectivity index is 0.00000105. The van der Waals surface area contributed by atoms with Gasteiger partial charge in [0.2, 0.25) is 5.95 Å². The molecule has 3 aromatic heterocycles. The van der Waals surface area contributed by atoms with Crippen LogP contribution in [0.2, 0.25) is 0 Å². The molecule has 0 spiro atoms. The van der Waals surface area contributed by atoms with E-state index in [9.17, 15) is 5.26 Å². The summed E-state index contributed by atoms with van der Waals surface area (Å²) in [5, 5.41) is 29.1. The van der Waals surface area contributed by atoms with Crippen molar-refractivity contribution in [3.8, 4) is 28.8 Å². The van der Waals surface area contributed by atoms with E-state index in [4.69, 9.17) is 43.3 Å². The van der Waals surface area contributed by atoms with E-state index in [-0.39, 0.29) is 24.4 Å². The number of methoxy groups -OCH3 is 1. The van der Waals surface area contributed by atoms with Crippen molar-refractivity contribution in [3.05, 3.63) is 48.7 Å². The maximum atomic E-state index is 9.67. The van der Waals surface area contributed by atoms with Crippen molar-refractivity contribution in [2.75, 3.05) is 38.7 Å². The number of tetrazole rings is 1. The summed E-state index contributed by atoms with van der Waals surface area (Å²) in [5.74, 6) is 1.41. The molecule has 0 bridgehead atoms. The summed E-state index contributed by atoms with van der Waals surface area (Å²) in [6.45, 7) is 9.75. The molecule has 0 unspecified atom stereocenters. The zero-order valence-corrected chi connectivity index (χ0v) is 31.7. The molecule has 2 fully saturated rings. The van der Waals surface area contributed by atoms with Gasteiger partial charge in [0.25, 0.3) is 5.88 Å². The van der Waals surface area contributed by atoms with Crippen LogP contribution in [0.4, 0.5) is 11.6 Å². The van der Waals surface area contributed by atoms with E-state index in [2.05, 4.69) is 55.6 Å². The fraction of sp³-hybridized carbons (Fsp3) is 0.559. The normalized spacial score (nSPS) is 21.0. The zero-order valence-electron chi connectivity index (χ0n) is 30.8. The van der Waals surface area contributed by atoms with E-state index in [1.807, 2.05) is 29.9 Å². The van der Waals surface area contributed by atoms with Gasteiger partial charge in [-0.25, -0.2) is 19.2 Å². The number of phosphoric acid groups is 1. The number of rotatable bonds is 14. The first-order valence-electron chi connectivity index (χ1n) is 17.8. The van der Waals surface area contributed by atoms with Crippen molar-refractivity contribution in [2.45, 2.75) is 89.8 Å². The SMILES string of the molecule is COCCCOc1nn([C@H]2CC[C@H](N3C[C@@H](C)O[C@@H](C)C3)CC2)cc1Nc1ncc(-c2ccc(C#N)c(O[C@@H](C)Cn3cnnn3)c2)cn1.O=P(O)(O)O. The quantitative estimate of drug-likeness (QED) is 0.106. The Kier molecular flexibility index (Phi) is 14.4. The molecule has 4 N–H and O–H groups in total. The topological polar surface area (TPSA) is 241 Å². The highest BCUT2D eigenvalue weighted by atomic mass is 31.2. The maximum absolute atomic E-state index is 9.67. The van der Waals surface area contributed by atoms with Gasteiger partial charge in [-0.1, -0.05) is 6.07 Å². The van der Waals surface area contributed by atoms with E-state index in [1.54, 1.807) is 30.3 Å². The largest absolute Gasteiger partial charge is 0.487 e. The fourth-order valence-electron chi connectivity index (χ4n) is 6.67. The van der Waals surface area contributed by atoms with Crippen molar-refractivity contribution in [3.63, 3.8) is 0 Å². The molecule has 6 rings (SSSR count). The average Bonchev–Trinajstić information content (AvgIpc) is 3.79. The Hall–Kier alpha value is -4.54. The van der Waals surface area contributed by atoms with Gasteiger partial charge in [0, 0.05) is 57.2 Å². The highest BCUT2D eigenvalue weighted by molar-refractivity contribution is 7.45. The van der Waals surface area contributed by atoms with Gasteiger partial charge in [0.05, 0.1) is 43.2 Å². The third-order valence-corrected chi connectivity index (χ3v) is 8.93. The van der Waals surface area contributed by atoms with Gasteiger partial charge in [0.15, 0.2) is 0 Å². The van der Waals surface area contributed by atoms with E-state index in [0.717, 1.165) is 56.3 Å². The maximum Gasteiger partial charge on any atom is 0.466 e.